The minimum absolute atomic E-state index is 0.0347. The number of nitrogens with zero attached hydrogens (tertiary/aromatic N) is 2. The monoisotopic (exact) mass is 519 g/mol. The Morgan fingerprint density at radius 1 is 1.17 bits per heavy atom. The number of hydrogen-bond donors (Lipinski definition) is 1. The van der Waals surface area contributed by atoms with E-state index >= 15 is 0 Å². The van der Waals surface area contributed by atoms with Crippen LogP contribution in [0.5, 0.6) is 0 Å². The summed E-state index contributed by atoms with van der Waals surface area (Å²) in [5.74, 6) is -1.69. The molecule has 2 atom stereocenters. The van der Waals surface area contributed by atoms with Crippen molar-refractivity contribution in [2.75, 3.05) is 13.7 Å². The smallest absolute Gasteiger partial charge is 0.407 e. The van der Waals surface area contributed by atoms with Crippen molar-refractivity contribution in [2.24, 2.45) is 5.10 Å². The van der Waals surface area contributed by atoms with E-state index in [4.69, 9.17) is 9.47 Å². The molecule has 3 rings (SSSR count). The van der Waals surface area contributed by atoms with Crippen LogP contribution in [0.15, 0.2) is 53.6 Å². The van der Waals surface area contributed by atoms with Crippen molar-refractivity contribution in [1.82, 2.24) is 10.3 Å². The molecule has 1 aliphatic rings. The van der Waals surface area contributed by atoms with Gasteiger partial charge in [0.15, 0.2) is 0 Å². The summed E-state index contributed by atoms with van der Waals surface area (Å²) in [5.41, 5.74) is 0.0838. The summed E-state index contributed by atoms with van der Waals surface area (Å²) < 4.78 is 39.3. The molecule has 0 saturated carbocycles. The van der Waals surface area contributed by atoms with E-state index in [2.05, 4.69) is 10.4 Å². The van der Waals surface area contributed by atoms with E-state index in [1.807, 2.05) is 30.3 Å². The predicted octanol–water partition coefficient (Wildman–Crippen LogP) is 5.39. The summed E-state index contributed by atoms with van der Waals surface area (Å²) in [6.45, 7) is 7.20. The number of amides is 2. The highest BCUT2D eigenvalue weighted by molar-refractivity contribution is 8.15. The Bertz CT molecular complexity index is 1120. The van der Waals surface area contributed by atoms with Crippen LogP contribution in [-0.2, 0) is 19.1 Å². The molecular formula is C26H31F2N3O4S. The molecule has 2 unspecified atom stereocenters. The maximum atomic E-state index is 14.7. The van der Waals surface area contributed by atoms with E-state index < -0.39 is 40.2 Å². The van der Waals surface area contributed by atoms with Gasteiger partial charge in [0.2, 0.25) is 0 Å². The Balaban J connectivity index is 1.96. The zero-order valence-corrected chi connectivity index (χ0v) is 21.8. The minimum Gasteiger partial charge on any atom is -0.444 e. The van der Waals surface area contributed by atoms with Crippen molar-refractivity contribution in [3.8, 4) is 0 Å². The molecule has 7 nitrogen and oxygen atoms in total. The Hall–Kier alpha value is -2.98. The number of methoxy groups -OCH3 is 1. The number of halogens is 2. The van der Waals surface area contributed by atoms with Crippen LogP contribution in [0.2, 0.25) is 0 Å². The van der Waals surface area contributed by atoms with Crippen molar-refractivity contribution in [1.29, 1.82) is 0 Å². The molecule has 2 amide bonds. The fourth-order valence-electron chi connectivity index (χ4n) is 3.68. The number of nitrogens with one attached hydrogen (secondary N) is 1. The molecule has 0 spiro atoms. The predicted molar refractivity (Wildman–Crippen MR) is 135 cm³/mol. The minimum atomic E-state index is -1.07. The number of thioether (sulfide) groups is 1. The third kappa shape index (κ3) is 6.41. The highest BCUT2D eigenvalue weighted by Gasteiger charge is 2.49. The van der Waals surface area contributed by atoms with E-state index in [0.717, 1.165) is 23.8 Å². The molecule has 2 aromatic rings. The summed E-state index contributed by atoms with van der Waals surface area (Å²) in [6.07, 6.45) is -0.575. The average molecular weight is 520 g/mol. The topological polar surface area (TPSA) is 80.2 Å². The molecule has 10 heteroatoms. The standard InChI is InChI=1S/C26H31F2N3O4S/c1-17(34-5)23(32)31-26(18-10-7-6-8-11-18,14-9-15-29-24(33)35-25(2,3)4)36-22(30-31)20-16-19(27)12-13-21(20)28/h6-8,10-13,16-17H,9,14-15H2,1-5H3,(H,29,33). The number of hydrazone groups is 1. The van der Waals surface area contributed by atoms with E-state index in [-0.39, 0.29) is 17.2 Å². The second kappa shape index (κ2) is 11.4. The van der Waals surface area contributed by atoms with Gasteiger partial charge < -0.3 is 14.8 Å². The Morgan fingerprint density at radius 2 is 1.86 bits per heavy atom. The first-order valence-corrected chi connectivity index (χ1v) is 12.4. The molecule has 36 heavy (non-hydrogen) atoms. The third-order valence-corrected chi connectivity index (χ3v) is 6.90. The third-order valence-electron chi connectivity index (χ3n) is 5.45. The Morgan fingerprint density at radius 3 is 2.50 bits per heavy atom. The Kier molecular flexibility index (Phi) is 8.73. The normalized spacial score (nSPS) is 18.5. The van der Waals surface area contributed by atoms with Crippen LogP contribution in [0.3, 0.4) is 0 Å². The number of carbonyl (C=O) groups excluding carboxylic acids is 2. The van der Waals surface area contributed by atoms with Crippen molar-refractivity contribution >= 4 is 28.8 Å². The molecule has 0 fully saturated rings. The van der Waals surface area contributed by atoms with Crippen LogP contribution in [0.4, 0.5) is 13.6 Å². The molecule has 0 bridgehead atoms. The first-order chi connectivity index (χ1) is 17.0. The first-order valence-electron chi connectivity index (χ1n) is 11.6. The summed E-state index contributed by atoms with van der Waals surface area (Å²) >= 11 is 1.17. The van der Waals surface area contributed by atoms with Gasteiger partial charge in [0.1, 0.15) is 33.3 Å². The van der Waals surface area contributed by atoms with Crippen molar-refractivity contribution in [3.05, 3.63) is 71.3 Å². The number of rotatable bonds is 8. The SMILES string of the molecule is COC(C)C(=O)N1N=C(c2cc(F)ccc2F)SC1(CCCNC(=O)OC(C)(C)C)c1ccccc1. The molecule has 2 aromatic carbocycles. The van der Waals surface area contributed by atoms with E-state index in [0.29, 0.717) is 12.8 Å². The number of alkyl carbamates (subject to hydrolysis) is 1. The molecule has 0 aromatic heterocycles. The van der Waals surface area contributed by atoms with Crippen LogP contribution < -0.4 is 5.32 Å². The van der Waals surface area contributed by atoms with Gasteiger partial charge in [-0.1, -0.05) is 42.1 Å². The number of carbonyl (C=O) groups is 2. The van der Waals surface area contributed by atoms with Gasteiger partial charge in [0, 0.05) is 19.2 Å². The van der Waals surface area contributed by atoms with Gasteiger partial charge in [-0.25, -0.2) is 18.6 Å². The zero-order chi connectivity index (χ0) is 26.5. The largest absolute Gasteiger partial charge is 0.444 e. The molecule has 0 aliphatic carbocycles. The molecule has 1 aliphatic heterocycles. The summed E-state index contributed by atoms with van der Waals surface area (Å²) in [5, 5.41) is 8.68. The molecule has 194 valence electrons. The first kappa shape index (κ1) is 27.6. The lowest BCUT2D eigenvalue weighted by atomic mass is 9.99. The van der Waals surface area contributed by atoms with E-state index in [9.17, 15) is 18.4 Å². The molecule has 0 saturated heterocycles. The van der Waals surface area contributed by atoms with Gasteiger partial charge in [0.05, 0.1) is 0 Å². The second-order valence-corrected chi connectivity index (χ2v) is 10.6. The van der Waals surface area contributed by atoms with Gasteiger partial charge >= 0.3 is 6.09 Å². The van der Waals surface area contributed by atoms with Crippen molar-refractivity contribution in [2.45, 2.75) is 57.1 Å². The van der Waals surface area contributed by atoms with Crippen LogP contribution in [-0.4, -0.2) is 47.4 Å². The summed E-state index contributed by atoms with van der Waals surface area (Å²) in [7, 11) is 1.41. The van der Waals surface area contributed by atoms with Crippen LogP contribution in [0, 0.1) is 11.6 Å². The van der Waals surface area contributed by atoms with Gasteiger partial charge in [-0.05, 0) is 64.3 Å². The highest BCUT2D eigenvalue weighted by atomic mass is 32.2. The van der Waals surface area contributed by atoms with Crippen LogP contribution in [0.25, 0.3) is 0 Å². The fraction of sp³-hybridized carbons (Fsp3) is 0.423. The zero-order valence-electron chi connectivity index (χ0n) is 21.0. The van der Waals surface area contributed by atoms with Crippen LogP contribution >= 0.6 is 11.8 Å². The summed E-state index contributed by atoms with van der Waals surface area (Å²) in [4.78, 5) is 24.4. The quantitative estimate of drug-likeness (QED) is 0.473. The molecule has 0 radical (unpaired) electrons. The molecule has 1 N–H and O–H groups in total. The van der Waals surface area contributed by atoms with Gasteiger partial charge in [-0.2, -0.15) is 5.10 Å². The Labute approximate surface area is 214 Å². The van der Waals surface area contributed by atoms with Crippen LogP contribution in [0.1, 0.15) is 51.7 Å². The van der Waals surface area contributed by atoms with E-state index in [1.54, 1.807) is 27.7 Å². The average Bonchev–Trinajstić information content (AvgIpc) is 3.22. The second-order valence-electron chi connectivity index (χ2n) is 9.34. The summed E-state index contributed by atoms with van der Waals surface area (Å²) in [6, 6.07) is 12.3. The molecular weight excluding hydrogens is 488 g/mol. The lowest BCUT2D eigenvalue weighted by molar-refractivity contribution is -0.144. The maximum Gasteiger partial charge on any atom is 0.407 e. The van der Waals surface area contributed by atoms with Crippen molar-refractivity contribution in [3.63, 3.8) is 0 Å². The van der Waals surface area contributed by atoms with Gasteiger partial charge in [-0.15, -0.1) is 0 Å². The number of hydrogen-bond acceptors (Lipinski definition) is 6. The number of ether oxygens (including phenoxy) is 2. The molecule has 1 heterocycles. The van der Waals surface area contributed by atoms with Gasteiger partial charge in [0.25, 0.3) is 5.91 Å². The van der Waals surface area contributed by atoms with Gasteiger partial charge in [-0.3, -0.25) is 4.79 Å². The van der Waals surface area contributed by atoms with Crippen molar-refractivity contribution < 1.29 is 27.8 Å². The van der Waals surface area contributed by atoms with E-state index in [1.165, 1.54) is 23.9 Å². The lowest BCUT2D eigenvalue weighted by Crippen LogP contribution is -2.46. The highest BCUT2D eigenvalue weighted by Crippen LogP contribution is 2.50. The number of benzene rings is 2. The lowest BCUT2D eigenvalue weighted by Gasteiger charge is -2.37. The maximum absolute atomic E-state index is 14.7. The fourth-order valence-corrected chi connectivity index (χ4v) is 5.11.